The molecule has 0 saturated carbocycles. The summed E-state index contributed by atoms with van der Waals surface area (Å²) in [6.07, 6.45) is 81.1. The molecule has 436 valence electrons. The highest BCUT2D eigenvalue weighted by molar-refractivity contribution is 5.71. The van der Waals surface area contributed by atoms with Gasteiger partial charge in [-0.15, -0.1) is 0 Å². The van der Waals surface area contributed by atoms with E-state index in [4.69, 9.17) is 14.2 Å². The molecule has 0 aromatic rings. The predicted molar refractivity (Wildman–Crippen MR) is 325 cm³/mol. The number of rotatable bonds is 60. The van der Waals surface area contributed by atoms with Gasteiger partial charge >= 0.3 is 17.9 Å². The molecule has 1 atom stereocenters. The molecule has 0 spiro atoms. The Hall–Kier alpha value is -2.89. The van der Waals surface area contributed by atoms with Gasteiger partial charge in [-0.2, -0.15) is 0 Å². The molecule has 0 heterocycles. The van der Waals surface area contributed by atoms with E-state index < -0.39 is 6.10 Å². The van der Waals surface area contributed by atoms with Crippen molar-refractivity contribution in [2.75, 3.05) is 13.2 Å². The second-order valence-corrected chi connectivity index (χ2v) is 22.0. The second-order valence-electron chi connectivity index (χ2n) is 22.0. The minimum atomic E-state index is -0.767. The maximum Gasteiger partial charge on any atom is 0.306 e. The van der Waals surface area contributed by atoms with E-state index in [-0.39, 0.29) is 31.1 Å². The van der Waals surface area contributed by atoms with Crippen molar-refractivity contribution in [1.82, 2.24) is 0 Å². The van der Waals surface area contributed by atoms with Crippen molar-refractivity contribution in [1.29, 1.82) is 0 Å². The molecule has 0 rings (SSSR count). The lowest BCUT2D eigenvalue weighted by molar-refractivity contribution is -0.167. The molecular weight excluding hydrogens is 925 g/mol. The largest absolute Gasteiger partial charge is 0.462 e. The molecule has 0 amide bonds. The number of allylic oxidation sites excluding steroid dienone is 10. The average molecular weight is 1050 g/mol. The van der Waals surface area contributed by atoms with Gasteiger partial charge in [-0.3, -0.25) is 14.4 Å². The summed E-state index contributed by atoms with van der Waals surface area (Å²) in [5.74, 6) is -0.847. The van der Waals surface area contributed by atoms with E-state index in [9.17, 15) is 14.4 Å². The Morgan fingerprint density at radius 3 is 0.813 bits per heavy atom. The van der Waals surface area contributed by atoms with Gasteiger partial charge in [-0.1, -0.05) is 319 Å². The third-order valence-electron chi connectivity index (χ3n) is 14.5. The Morgan fingerprint density at radius 1 is 0.280 bits per heavy atom. The lowest BCUT2D eigenvalue weighted by atomic mass is 10.0. The maximum absolute atomic E-state index is 12.8. The van der Waals surface area contributed by atoms with Crippen molar-refractivity contribution in [3.8, 4) is 0 Å². The van der Waals surface area contributed by atoms with Crippen LogP contribution in [0.4, 0.5) is 0 Å². The normalized spacial score (nSPS) is 12.4. The molecule has 0 aliphatic carbocycles. The van der Waals surface area contributed by atoms with Crippen LogP contribution in [0, 0.1) is 0 Å². The maximum atomic E-state index is 12.8. The summed E-state index contributed by atoms with van der Waals surface area (Å²) in [5.41, 5.74) is 0. The lowest BCUT2D eigenvalue weighted by Gasteiger charge is -2.18. The van der Waals surface area contributed by atoms with E-state index in [1.165, 1.54) is 212 Å². The summed E-state index contributed by atoms with van der Waals surface area (Å²) in [7, 11) is 0. The van der Waals surface area contributed by atoms with Crippen LogP contribution in [0.1, 0.15) is 342 Å². The molecule has 0 aromatic heterocycles. The Balaban J connectivity index is 4.05. The van der Waals surface area contributed by atoms with Gasteiger partial charge in [0.1, 0.15) is 13.2 Å². The molecule has 0 aliphatic rings. The van der Waals surface area contributed by atoms with Crippen molar-refractivity contribution in [3.05, 3.63) is 60.8 Å². The van der Waals surface area contributed by atoms with Crippen molar-refractivity contribution in [2.45, 2.75) is 348 Å². The number of unbranched alkanes of at least 4 members (excludes halogenated alkanes) is 39. The van der Waals surface area contributed by atoms with Gasteiger partial charge in [0.25, 0.3) is 0 Å². The molecule has 0 radical (unpaired) electrons. The van der Waals surface area contributed by atoms with Crippen LogP contribution in [0.2, 0.25) is 0 Å². The SMILES string of the molecule is CC/C=C\C/C=C\C/C=C\C/C=C\C/C=C\CCCCCCCCCCCCCCCCCCCC(=O)OCC(COC(=O)CCCCCCCCCCCC)OC(=O)CCCCCCCCCCCCCCCC. The first-order valence-electron chi connectivity index (χ1n) is 32.8. The fraction of sp³-hybridized carbons (Fsp3) is 0.812. The third-order valence-corrected chi connectivity index (χ3v) is 14.5. The Bertz CT molecular complexity index is 1340. The van der Waals surface area contributed by atoms with E-state index in [0.717, 1.165) is 89.9 Å². The van der Waals surface area contributed by atoms with Crippen molar-refractivity contribution in [2.24, 2.45) is 0 Å². The van der Waals surface area contributed by atoms with Crippen molar-refractivity contribution in [3.63, 3.8) is 0 Å². The smallest absolute Gasteiger partial charge is 0.306 e. The molecule has 1 unspecified atom stereocenters. The molecule has 6 nitrogen and oxygen atoms in total. The van der Waals surface area contributed by atoms with E-state index in [1.54, 1.807) is 0 Å². The third kappa shape index (κ3) is 61.8. The highest BCUT2D eigenvalue weighted by atomic mass is 16.6. The predicted octanol–water partition coefficient (Wildman–Crippen LogP) is 22.3. The molecule has 0 bridgehead atoms. The molecule has 0 aromatic carbocycles. The molecule has 0 aliphatic heterocycles. The Morgan fingerprint density at radius 2 is 0.520 bits per heavy atom. The summed E-state index contributed by atoms with van der Waals surface area (Å²) in [6, 6.07) is 0. The number of esters is 3. The van der Waals surface area contributed by atoms with Gasteiger partial charge in [-0.25, -0.2) is 0 Å². The zero-order valence-electron chi connectivity index (χ0n) is 50.1. The summed E-state index contributed by atoms with van der Waals surface area (Å²) in [6.45, 7) is 6.56. The second kappa shape index (κ2) is 63.6. The summed E-state index contributed by atoms with van der Waals surface area (Å²) in [4.78, 5) is 38.2. The van der Waals surface area contributed by atoms with Crippen LogP contribution in [0.5, 0.6) is 0 Å². The molecule has 75 heavy (non-hydrogen) atoms. The van der Waals surface area contributed by atoms with E-state index in [0.29, 0.717) is 19.3 Å². The zero-order valence-corrected chi connectivity index (χ0v) is 50.1. The Labute approximate surface area is 466 Å². The minimum absolute atomic E-state index is 0.0668. The average Bonchev–Trinajstić information content (AvgIpc) is 3.41. The van der Waals surface area contributed by atoms with E-state index in [2.05, 4.69) is 81.5 Å². The minimum Gasteiger partial charge on any atom is -0.462 e. The molecule has 0 N–H and O–H groups in total. The van der Waals surface area contributed by atoms with Gasteiger partial charge in [0.2, 0.25) is 0 Å². The van der Waals surface area contributed by atoms with Gasteiger partial charge in [0, 0.05) is 19.3 Å². The van der Waals surface area contributed by atoms with Crippen LogP contribution in [0.15, 0.2) is 60.8 Å². The standard InChI is InChI=1S/C69H124O6/c1-4-7-10-13-16-19-22-24-26-27-28-29-30-31-32-33-34-35-36-37-38-39-40-41-42-43-44-46-47-50-53-56-59-62-68(71)74-65-66(64-73-67(70)61-58-55-52-49-21-18-15-12-9-6-3)75-69(72)63-60-57-54-51-48-45-25-23-20-17-14-11-8-5-2/h7,10,16,19,24,26,28-29,31-32,66H,4-6,8-9,11-15,17-18,20-23,25,27,30,33-65H2,1-3H3/b10-7-,19-16-,26-24-,29-28-,32-31-. The first-order valence-corrected chi connectivity index (χ1v) is 32.8. The van der Waals surface area contributed by atoms with E-state index >= 15 is 0 Å². The van der Waals surface area contributed by atoms with Crippen LogP contribution in [0.3, 0.4) is 0 Å². The van der Waals surface area contributed by atoms with Crippen LogP contribution in [-0.4, -0.2) is 37.2 Å². The summed E-state index contributed by atoms with van der Waals surface area (Å²) in [5, 5.41) is 0. The van der Waals surface area contributed by atoms with E-state index in [1.807, 2.05) is 0 Å². The first-order chi connectivity index (χ1) is 37.0. The fourth-order valence-electron chi connectivity index (χ4n) is 9.65. The number of hydrogen-bond acceptors (Lipinski definition) is 6. The molecular formula is C69H124O6. The topological polar surface area (TPSA) is 78.9 Å². The highest BCUT2D eigenvalue weighted by Gasteiger charge is 2.19. The van der Waals surface area contributed by atoms with Gasteiger partial charge in [-0.05, 0) is 64.2 Å². The first kappa shape index (κ1) is 72.1. The number of ether oxygens (including phenoxy) is 3. The van der Waals surface area contributed by atoms with Crippen LogP contribution in [0.25, 0.3) is 0 Å². The van der Waals surface area contributed by atoms with Gasteiger partial charge in [0.15, 0.2) is 6.10 Å². The number of hydrogen-bond donors (Lipinski definition) is 0. The monoisotopic (exact) mass is 1050 g/mol. The summed E-state index contributed by atoms with van der Waals surface area (Å²) < 4.78 is 16.9. The van der Waals surface area contributed by atoms with Crippen molar-refractivity contribution < 1.29 is 28.6 Å². The van der Waals surface area contributed by atoms with Crippen LogP contribution in [-0.2, 0) is 28.6 Å². The molecule has 0 saturated heterocycles. The molecule has 6 heteroatoms. The van der Waals surface area contributed by atoms with Crippen LogP contribution >= 0.6 is 0 Å². The quantitative estimate of drug-likeness (QED) is 0.0261. The van der Waals surface area contributed by atoms with Crippen molar-refractivity contribution >= 4 is 17.9 Å². The fourth-order valence-corrected chi connectivity index (χ4v) is 9.65. The molecule has 0 fully saturated rings. The van der Waals surface area contributed by atoms with Gasteiger partial charge in [0.05, 0.1) is 0 Å². The number of carbonyl (C=O) groups is 3. The Kier molecular flexibility index (Phi) is 61.2. The summed E-state index contributed by atoms with van der Waals surface area (Å²) >= 11 is 0. The van der Waals surface area contributed by atoms with Gasteiger partial charge < -0.3 is 14.2 Å². The van der Waals surface area contributed by atoms with Crippen LogP contribution < -0.4 is 0 Å². The lowest BCUT2D eigenvalue weighted by Crippen LogP contribution is -2.30. The highest BCUT2D eigenvalue weighted by Crippen LogP contribution is 2.18. The number of carbonyl (C=O) groups excluding carboxylic acids is 3. The zero-order chi connectivity index (χ0) is 54.3.